The smallest absolute Gasteiger partial charge is 0.345 e. The van der Waals surface area contributed by atoms with Crippen molar-refractivity contribution < 1.29 is 22.4 Å². The van der Waals surface area contributed by atoms with Crippen LogP contribution in [0.5, 0.6) is 0 Å². The maximum atomic E-state index is 12.6. The third kappa shape index (κ3) is 3.18. The van der Waals surface area contributed by atoms with Gasteiger partial charge in [0.05, 0.1) is 12.2 Å². The summed E-state index contributed by atoms with van der Waals surface area (Å²) in [6.07, 6.45) is -1.98. The Labute approximate surface area is 101 Å². The van der Waals surface area contributed by atoms with Gasteiger partial charge in [0.15, 0.2) is 0 Å². The maximum absolute atomic E-state index is 12.6. The number of aryl methyl sites for hydroxylation is 1. The molecule has 0 saturated heterocycles. The van der Waals surface area contributed by atoms with Crippen molar-refractivity contribution in [1.82, 2.24) is 10.3 Å². The molecular weight excluding hydrogens is 252 g/mol. The Bertz CT molecular complexity index is 423. The first-order valence-electron chi connectivity index (χ1n) is 5.26. The fraction of sp³-hybridized carbons (Fsp3) is 0.455. The summed E-state index contributed by atoms with van der Waals surface area (Å²) in [6.45, 7) is 1.53. The van der Waals surface area contributed by atoms with Gasteiger partial charge >= 0.3 is 12.3 Å². The first-order valence-corrected chi connectivity index (χ1v) is 5.26. The summed E-state index contributed by atoms with van der Waals surface area (Å²) in [5, 5.41) is 1.76. The van der Waals surface area contributed by atoms with Crippen LogP contribution in [0.3, 0.4) is 0 Å². The van der Waals surface area contributed by atoms with Gasteiger partial charge in [0.25, 0.3) is 5.91 Å². The fourth-order valence-electron chi connectivity index (χ4n) is 1.33. The Balaban J connectivity index is 2.68. The molecule has 0 aromatic carbocycles. The topological polar surface area (TPSA) is 42.0 Å². The first-order chi connectivity index (χ1) is 8.39. The predicted octanol–water partition coefficient (Wildman–Crippen LogP) is 2.16. The number of amides is 1. The molecule has 0 aliphatic heterocycles. The number of carbonyl (C=O) groups is 1. The summed E-state index contributed by atoms with van der Waals surface area (Å²) in [5.74, 6) is -6.67. The summed E-state index contributed by atoms with van der Waals surface area (Å²) in [6, 6.07) is 3.39. The van der Waals surface area contributed by atoms with E-state index in [0.29, 0.717) is 12.1 Å². The zero-order valence-corrected chi connectivity index (χ0v) is 9.59. The second kappa shape index (κ2) is 5.79. The van der Waals surface area contributed by atoms with Crippen molar-refractivity contribution in [3.05, 3.63) is 29.6 Å². The molecule has 0 saturated carbocycles. The lowest BCUT2D eigenvalue weighted by Gasteiger charge is -2.15. The van der Waals surface area contributed by atoms with Gasteiger partial charge in [-0.05, 0) is 18.1 Å². The molecule has 7 heteroatoms. The predicted molar refractivity (Wildman–Crippen MR) is 56.4 cm³/mol. The molecule has 18 heavy (non-hydrogen) atoms. The summed E-state index contributed by atoms with van der Waals surface area (Å²) in [7, 11) is 0. The molecule has 3 nitrogen and oxygen atoms in total. The standard InChI is InChI=1S/C11H12F4N2O/c1-2-7-4-3-5-16-8(7)6-17-10(18)11(14,15)9(12)13/h3-5,9H,2,6H2,1H3,(H,17,18). The van der Waals surface area contributed by atoms with Gasteiger partial charge in [0.1, 0.15) is 0 Å². The maximum Gasteiger partial charge on any atom is 0.383 e. The number of carbonyl (C=O) groups excluding carboxylic acids is 1. The van der Waals surface area contributed by atoms with E-state index in [9.17, 15) is 22.4 Å². The average molecular weight is 264 g/mol. The second-order valence-corrected chi connectivity index (χ2v) is 3.57. The molecule has 1 aromatic rings. The highest BCUT2D eigenvalue weighted by Crippen LogP contribution is 2.22. The van der Waals surface area contributed by atoms with Gasteiger partial charge in [0.2, 0.25) is 0 Å². The Morgan fingerprint density at radius 3 is 2.72 bits per heavy atom. The van der Waals surface area contributed by atoms with E-state index in [1.54, 1.807) is 17.4 Å². The number of rotatable bonds is 5. The molecular formula is C11H12F4N2O. The number of pyridine rings is 1. The van der Waals surface area contributed by atoms with Gasteiger partial charge in [-0.15, -0.1) is 0 Å². The summed E-state index contributed by atoms with van der Waals surface area (Å²) >= 11 is 0. The number of hydrogen-bond donors (Lipinski definition) is 1. The molecule has 0 radical (unpaired) electrons. The van der Waals surface area contributed by atoms with Crippen LogP contribution in [0.25, 0.3) is 0 Å². The normalized spacial score (nSPS) is 11.7. The van der Waals surface area contributed by atoms with Crippen molar-refractivity contribution in [1.29, 1.82) is 0 Å². The molecule has 1 amide bonds. The quantitative estimate of drug-likeness (QED) is 0.828. The molecule has 1 N–H and O–H groups in total. The molecule has 0 spiro atoms. The fourth-order valence-corrected chi connectivity index (χ4v) is 1.33. The van der Waals surface area contributed by atoms with Crippen LogP contribution in [0.4, 0.5) is 17.6 Å². The van der Waals surface area contributed by atoms with Crippen LogP contribution >= 0.6 is 0 Å². The lowest BCUT2D eigenvalue weighted by Crippen LogP contribution is -2.45. The van der Waals surface area contributed by atoms with Crippen molar-refractivity contribution in [3.63, 3.8) is 0 Å². The van der Waals surface area contributed by atoms with Gasteiger partial charge in [0, 0.05) is 6.20 Å². The van der Waals surface area contributed by atoms with Gasteiger partial charge in [-0.3, -0.25) is 9.78 Å². The van der Waals surface area contributed by atoms with E-state index >= 15 is 0 Å². The van der Waals surface area contributed by atoms with Crippen LogP contribution in [0, 0.1) is 0 Å². The summed E-state index contributed by atoms with van der Waals surface area (Å²) in [4.78, 5) is 14.8. The van der Waals surface area contributed by atoms with Gasteiger partial charge in [-0.25, -0.2) is 8.78 Å². The van der Waals surface area contributed by atoms with E-state index in [4.69, 9.17) is 0 Å². The highest BCUT2D eigenvalue weighted by Gasteiger charge is 2.48. The highest BCUT2D eigenvalue weighted by molar-refractivity contribution is 5.83. The zero-order chi connectivity index (χ0) is 13.8. The minimum absolute atomic E-state index is 0.300. The SMILES string of the molecule is CCc1cccnc1CNC(=O)C(F)(F)C(F)F. The van der Waals surface area contributed by atoms with Crippen LogP contribution in [-0.2, 0) is 17.8 Å². The highest BCUT2D eigenvalue weighted by atomic mass is 19.3. The van der Waals surface area contributed by atoms with Crippen molar-refractivity contribution in [2.24, 2.45) is 0 Å². The molecule has 1 heterocycles. The van der Waals surface area contributed by atoms with Crippen LogP contribution in [-0.4, -0.2) is 23.2 Å². The zero-order valence-electron chi connectivity index (χ0n) is 9.59. The van der Waals surface area contributed by atoms with E-state index in [1.807, 2.05) is 6.92 Å². The first kappa shape index (κ1) is 14.4. The number of alkyl halides is 4. The van der Waals surface area contributed by atoms with E-state index in [2.05, 4.69) is 4.98 Å². The van der Waals surface area contributed by atoms with E-state index < -0.39 is 18.3 Å². The van der Waals surface area contributed by atoms with Gasteiger partial charge in [-0.2, -0.15) is 8.78 Å². The third-order valence-corrected chi connectivity index (χ3v) is 2.36. The Morgan fingerprint density at radius 2 is 2.17 bits per heavy atom. The number of hydrogen-bond acceptors (Lipinski definition) is 2. The Kier molecular flexibility index (Phi) is 4.63. The molecule has 0 atom stereocenters. The molecule has 0 bridgehead atoms. The molecule has 100 valence electrons. The number of aromatic nitrogens is 1. The minimum atomic E-state index is -4.68. The lowest BCUT2D eigenvalue weighted by molar-refractivity contribution is -0.169. The number of halogens is 4. The summed E-state index contributed by atoms with van der Waals surface area (Å²) in [5.41, 5.74) is 1.15. The Hall–Kier alpha value is -1.66. The van der Waals surface area contributed by atoms with Crippen LogP contribution in [0.2, 0.25) is 0 Å². The van der Waals surface area contributed by atoms with Crippen molar-refractivity contribution in [3.8, 4) is 0 Å². The van der Waals surface area contributed by atoms with Gasteiger partial charge < -0.3 is 5.32 Å². The van der Waals surface area contributed by atoms with Crippen molar-refractivity contribution in [2.45, 2.75) is 32.2 Å². The van der Waals surface area contributed by atoms with E-state index in [-0.39, 0.29) is 6.54 Å². The van der Waals surface area contributed by atoms with Gasteiger partial charge in [-0.1, -0.05) is 13.0 Å². The van der Waals surface area contributed by atoms with Crippen LogP contribution in [0.1, 0.15) is 18.2 Å². The Morgan fingerprint density at radius 1 is 1.50 bits per heavy atom. The largest absolute Gasteiger partial charge is 0.383 e. The monoisotopic (exact) mass is 264 g/mol. The molecule has 1 rings (SSSR count). The van der Waals surface area contributed by atoms with E-state index in [0.717, 1.165) is 5.56 Å². The molecule has 0 fully saturated rings. The molecule has 0 aliphatic rings. The second-order valence-electron chi connectivity index (χ2n) is 3.57. The average Bonchev–Trinajstić information content (AvgIpc) is 2.35. The number of nitrogens with zero attached hydrogens (tertiary/aromatic N) is 1. The molecule has 0 aliphatic carbocycles. The summed E-state index contributed by atoms with van der Waals surface area (Å²) < 4.78 is 49.1. The molecule has 0 unspecified atom stereocenters. The van der Waals surface area contributed by atoms with Crippen LogP contribution in [0.15, 0.2) is 18.3 Å². The van der Waals surface area contributed by atoms with Crippen molar-refractivity contribution >= 4 is 5.91 Å². The lowest BCUT2D eigenvalue weighted by atomic mass is 10.1. The van der Waals surface area contributed by atoms with Crippen LogP contribution < -0.4 is 5.32 Å². The van der Waals surface area contributed by atoms with Crippen molar-refractivity contribution in [2.75, 3.05) is 0 Å². The number of nitrogens with one attached hydrogen (secondary N) is 1. The molecule has 1 aromatic heterocycles. The van der Waals surface area contributed by atoms with E-state index in [1.165, 1.54) is 6.20 Å². The third-order valence-electron chi connectivity index (χ3n) is 2.36. The minimum Gasteiger partial charge on any atom is -0.345 e.